The number of phosphoric ester groups is 1. The van der Waals surface area contributed by atoms with Crippen LogP contribution < -0.4 is 0 Å². The summed E-state index contributed by atoms with van der Waals surface area (Å²) in [7, 11) is -8.26. The second kappa shape index (κ2) is 9.86. The summed E-state index contributed by atoms with van der Waals surface area (Å²) < 4.78 is 45.2. The highest BCUT2D eigenvalue weighted by molar-refractivity contribution is 7.97. The smallest absolute Gasteiger partial charge is 0.363 e. The van der Waals surface area contributed by atoms with Crippen LogP contribution in [0, 0.1) is 0 Å². The maximum absolute atomic E-state index is 12.3. The minimum absolute atomic E-state index is 0.0284. The van der Waals surface area contributed by atoms with Gasteiger partial charge in [0.2, 0.25) is 0 Å². The van der Waals surface area contributed by atoms with Crippen LogP contribution >= 0.6 is 27.5 Å². The minimum Gasteiger partial charge on any atom is -0.363 e. The average molecular weight is 436 g/mol. The molecule has 0 amide bonds. The van der Waals surface area contributed by atoms with E-state index >= 15 is 0 Å². The predicted octanol–water partition coefficient (Wildman–Crippen LogP) is 5.10. The zero-order valence-electron chi connectivity index (χ0n) is 17.0. The van der Waals surface area contributed by atoms with Crippen LogP contribution in [0.15, 0.2) is 0 Å². The number of ether oxygens (including phenoxy) is 1. The fourth-order valence-corrected chi connectivity index (χ4v) is 5.41. The average Bonchev–Trinajstić information content (AvgIpc) is 2.34. The van der Waals surface area contributed by atoms with Gasteiger partial charge in [-0.1, -0.05) is 13.3 Å². The second-order valence-electron chi connectivity index (χ2n) is 7.73. The topological polar surface area (TPSA) is 112 Å². The largest absolute Gasteiger partial charge is 0.473 e. The third-order valence-corrected chi connectivity index (χ3v) is 7.94. The number of rotatable bonds is 13. The van der Waals surface area contributed by atoms with Crippen molar-refractivity contribution in [1.82, 2.24) is 0 Å². The van der Waals surface area contributed by atoms with Crippen molar-refractivity contribution >= 4 is 27.5 Å². The molecule has 0 radical (unpaired) electrons. The lowest BCUT2D eigenvalue weighted by molar-refractivity contribution is -0.0318. The van der Waals surface area contributed by atoms with Crippen LogP contribution in [0.25, 0.3) is 0 Å². The summed E-state index contributed by atoms with van der Waals surface area (Å²) in [5.74, 6) is 0. The third-order valence-electron chi connectivity index (χ3n) is 3.59. The van der Waals surface area contributed by atoms with Crippen LogP contribution in [0.5, 0.6) is 0 Å². The van der Waals surface area contributed by atoms with Gasteiger partial charge in [-0.05, 0) is 66.4 Å². The molecule has 0 fully saturated rings. The molecule has 0 aromatic heterocycles. The maximum Gasteiger partial charge on any atom is 0.473 e. The molecule has 0 aliphatic heterocycles. The molecular weight excluding hydrogens is 402 g/mol. The van der Waals surface area contributed by atoms with Gasteiger partial charge in [-0.3, -0.25) is 13.6 Å². The van der Waals surface area contributed by atoms with Gasteiger partial charge in [0.1, 0.15) is 0 Å². The van der Waals surface area contributed by atoms with Crippen molar-refractivity contribution in [2.75, 3.05) is 12.9 Å². The zero-order valence-corrected chi connectivity index (χ0v) is 19.6. The Balaban J connectivity index is 4.76. The van der Waals surface area contributed by atoms with Gasteiger partial charge in [0.25, 0.3) is 0 Å². The van der Waals surface area contributed by atoms with Crippen LogP contribution in [0.2, 0.25) is 0 Å². The first-order valence-corrected chi connectivity index (χ1v) is 12.6. The van der Waals surface area contributed by atoms with Gasteiger partial charge in [-0.15, -0.1) is 0 Å². The number of phosphoric acid groups is 1. The summed E-state index contributed by atoms with van der Waals surface area (Å²) in [5.41, 5.74) is -1.82. The fraction of sp³-hybridized carbons (Fsp3) is 1.00. The third kappa shape index (κ3) is 9.67. The van der Waals surface area contributed by atoms with Gasteiger partial charge >= 0.3 is 15.4 Å². The molecule has 0 saturated carbocycles. The van der Waals surface area contributed by atoms with Gasteiger partial charge in [0, 0.05) is 6.26 Å². The van der Waals surface area contributed by atoms with E-state index in [9.17, 15) is 18.9 Å². The van der Waals surface area contributed by atoms with Crippen LogP contribution in [0.1, 0.15) is 67.7 Å². The molecule has 0 rings (SSSR count). The quantitative estimate of drug-likeness (QED) is 0.301. The lowest BCUT2D eigenvalue weighted by Gasteiger charge is -2.33. The molecule has 0 aromatic carbocycles. The van der Waals surface area contributed by atoms with Crippen molar-refractivity contribution in [3.63, 3.8) is 0 Å². The standard InChI is InChI=1S/C15H34O8P2S/c1-9-10-13(2,3)21-25(18,19)22-14(4,5)11-12-20-15(6,7)24(16,17)23-26-8/h9-12H2,1-8H3,(H,16,17)(H,18,19). The molecule has 2 N–H and O–H groups in total. The molecule has 11 heteroatoms. The van der Waals surface area contributed by atoms with E-state index in [4.69, 9.17) is 17.8 Å². The number of hydrogen-bond donors (Lipinski definition) is 2. The van der Waals surface area contributed by atoms with E-state index in [0.717, 1.165) is 18.5 Å². The normalized spacial score (nSPS) is 18.4. The van der Waals surface area contributed by atoms with Gasteiger partial charge in [-0.2, -0.15) is 0 Å². The Morgan fingerprint density at radius 1 is 0.923 bits per heavy atom. The van der Waals surface area contributed by atoms with Crippen molar-refractivity contribution in [3.8, 4) is 0 Å². The first kappa shape index (κ1) is 26.6. The molecule has 158 valence electrons. The summed E-state index contributed by atoms with van der Waals surface area (Å²) in [6.45, 7) is 11.6. The molecule has 0 saturated heterocycles. The maximum atomic E-state index is 12.3. The Kier molecular flexibility index (Phi) is 10.1. The van der Waals surface area contributed by atoms with Crippen LogP contribution in [-0.2, 0) is 26.9 Å². The summed E-state index contributed by atoms with van der Waals surface area (Å²) in [6.07, 6.45) is 3.16. The molecule has 0 spiro atoms. The van der Waals surface area contributed by atoms with Crippen molar-refractivity contribution in [2.24, 2.45) is 0 Å². The van der Waals surface area contributed by atoms with E-state index in [1.165, 1.54) is 20.1 Å². The van der Waals surface area contributed by atoms with Gasteiger partial charge in [0.05, 0.1) is 17.8 Å². The molecular formula is C15H34O8P2S. The van der Waals surface area contributed by atoms with Gasteiger partial charge < -0.3 is 14.5 Å². The first-order chi connectivity index (χ1) is 11.5. The zero-order chi connectivity index (χ0) is 20.9. The fourth-order valence-electron chi connectivity index (χ4n) is 2.16. The molecule has 2 atom stereocenters. The molecule has 26 heavy (non-hydrogen) atoms. The van der Waals surface area contributed by atoms with E-state index in [2.05, 4.69) is 0 Å². The highest BCUT2D eigenvalue weighted by Gasteiger charge is 2.43. The Bertz CT molecular complexity index is 536. The Morgan fingerprint density at radius 3 is 1.81 bits per heavy atom. The highest BCUT2D eigenvalue weighted by atomic mass is 32.2. The first-order valence-electron chi connectivity index (χ1n) is 8.43. The Labute approximate surface area is 161 Å². The molecule has 0 aliphatic rings. The van der Waals surface area contributed by atoms with Crippen LogP contribution in [0.3, 0.4) is 0 Å². The second-order valence-corrected chi connectivity index (χ2v) is 12.1. The van der Waals surface area contributed by atoms with E-state index in [0.29, 0.717) is 6.42 Å². The predicted molar refractivity (Wildman–Crippen MR) is 104 cm³/mol. The molecule has 0 aliphatic carbocycles. The van der Waals surface area contributed by atoms with E-state index < -0.39 is 32.0 Å². The lowest BCUT2D eigenvalue weighted by atomic mass is 10.0. The van der Waals surface area contributed by atoms with Gasteiger partial charge in [-0.25, -0.2) is 8.54 Å². The van der Waals surface area contributed by atoms with E-state index in [1.807, 2.05) is 6.92 Å². The monoisotopic (exact) mass is 436 g/mol. The summed E-state index contributed by atoms with van der Waals surface area (Å²) in [6, 6.07) is 0. The molecule has 0 heterocycles. The summed E-state index contributed by atoms with van der Waals surface area (Å²) >= 11 is 0.787. The molecule has 2 unspecified atom stereocenters. The molecule has 0 aromatic rings. The minimum atomic E-state index is -4.28. The number of hydrogen-bond acceptors (Lipinski definition) is 7. The van der Waals surface area contributed by atoms with Crippen molar-refractivity contribution < 1.29 is 36.7 Å². The van der Waals surface area contributed by atoms with E-state index in [-0.39, 0.29) is 13.0 Å². The van der Waals surface area contributed by atoms with Crippen molar-refractivity contribution in [3.05, 3.63) is 0 Å². The Morgan fingerprint density at radius 2 is 1.38 bits per heavy atom. The van der Waals surface area contributed by atoms with Crippen molar-refractivity contribution in [1.29, 1.82) is 0 Å². The van der Waals surface area contributed by atoms with Crippen LogP contribution in [0.4, 0.5) is 0 Å². The Hall–Kier alpha value is 0.570. The molecule has 8 nitrogen and oxygen atoms in total. The van der Waals surface area contributed by atoms with Crippen molar-refractivity contribution in [2.45, 2.75) is 84.3 Å². The SMILES string of the molecule is CCCC(C)(C)OP(=O)(O)OC(C)(C)CCOC(C)(C)P(=O)(O)OSC. The summed E-state index contributed by atoms with van der Waals surface area (Å²) in [4.78, 5) is 19.9. The van der Waals surface area contributed by atoms with E-state index in [1.54, 1.807) is 27.7 Å². The lowest BCUT2D eigenvalue weighted by Crippen LogP contribution is -2.31. The highest BCUT2D eigenvalue weighted by Crippen LogP contribution is 2.58. The summed E-state index contributed by atoms with van der Waals surface area (Å²) in [5, 5.41) is -1.42. The van der Waals surface area contributed by atoms with Crippen LogP contribution in [-0.4, -0.2) is 39.2 Å². The van der Waals surface area contributed by atoms with Gasteiger partial charge in [0.15, 0.2) is 5.34 Å². The molecule has 0 bridgehead atoms.